The number of ether oxygens (including phenoxy) is 1. The van der Waals surface area contributed by atoms with E-state index in [-0.39, 0.29) is 12.3 Å². The molecule has 0 atom stereocenters. The minimum atomic E-state index is -0.464. The fraction of sp³-hybridized carbons (Fsp3) is 0.118. The lowest BCUT2D eigenvalue weighted by Crippen LogP contribution is -2.06. The van der Waals surface area contributed by atoms with Gasteiger partial charge in [0.05, 0.1) is 0 Å². The Morgan fingerprint density at radius 3 is 2.75 bits per heavy atom. The van der Waals surface area contributed by atoms with Crippen molar-refractivity contribution in [3.05, 3.63) is 76.0 Å². The zero-order valence-electron chi connectivity index (χ0n) is 12.6. The second-order valence-electron chi connectivity index (χ2n) is 4.94. The van der Waals surface area contributed by atoms with Crippen LogP contribution >= 0.6 is 22.9 Å². The molecular formula is C17H14ClN3O2S. The fourth-order valence-electron chi connectivity index (χ4n) is 1.94. The molecule has 1 aromatic carbocycles. The first-order chi connectivity index (χ1) is 11.7. The van der Waals surface area contributed by atoms with Crippen LogP contribution in [0.2, 0.25) is 5.15 Å². The predicted octanol–water partition coefficient (Wildman–Crippen LogP) is 4.16. The lowest BCUT2D eigenvalue weighted by molar-refractivity contribution is 0.0466. The van der Waals surface area contributed by atoms with Crippen molar-refractivity contribution in [1.82, 2.24) is 9.97 Å². The van der Waals surface area contributed by atoms with E-state index in [1.54, 1.807) is 23.7 Å². The van der Waals surface area contributed by atoms with Crippen molar-refractivity contribution in [2.24, 2.45) is 0 Å². The van der Waals surface area contributed by atoms with Crippen LogP contribution in [-0.2, 0) is 17.9 Å². The Hall–Kier alpha value is -2.44. The number of carbonyl (C=O) groups excluding carboxylic acids is 1. The summed E-state index contributed by atoms with van der Waals surface area (Å²) in [6, 6.07) is 13.4. The Kier molecular flexibility index (Phi) is 5.40. The number of hydrogen-bond acceptors (Lipinski definition) is 6. The summed E-state index contributed by atoms with van der Waals surface area (Å²) in [4.78, 5) is 20.2. The van der Waals surface area contributed by atoms with E-state index in [0.29, 0.717) is 16.8 Å². The van der Waals surface area contributed by atoms with Gasteiger partial charge in [-0.2, -0.15) is 0 Å². The highest BCUT2D eigenvalue weighted by atomic mass is 35.5. The van der Waals surface area contributed by atoms with Crippen molar-refractivity contribution in [3.63, 3.8) is 0 Å². The molecule has 0 aliphatic carbocycles. The molecule has 0 saturated heterocycles. The van der Waals surface area contributed by atoms with Crippen molar-refractivity contribution < 1.29 is 9.53 Å². The van der Waals surface area contributed by atoms with Crippen LogP contribution in [-0.4, -0.2) is 15.9 Å². The van der Waals surface area contributed by atoms with Crippen LogP contribution in [0.25, 0.3) is 0 Å². The Morgan fingerprint density at radius 2 is 2.00 bits per heavy atom. The molecule has 24 heavy (non-hydrogen) atoms. The molecule has 2 aromatic heterocycles. The highest BCUT2D eigenvalue weighted by Crippen LogP contribution is 2.17. The van der Waals surface area contributed by atoms with Crippen molar-refractivity contribution in [2.45, 2.75) is 13.2 Å². The van der Waals surface area contributed by atoms with E-state index in [9.17, 15) is 4.79 Å². The standard InChI is InChI=1S/C17H14ClN3O2S/c18-15-7-6-13(9-19-15)10-23-16(22)14-11-24-17(21-14)20-8-12-4-2-1-3-5-12/h1-7,9,11H,8,10H2,(H,20,21). The molecule has 3 aromatic rings. The second kappa shape index (κ2) is 7.90. The number of nitrogens with one attached hydrogen (secondary N) is 1. The summed E-state index contributed by atoms with van der Waals surface area (Å²) >= 11 is 7.08. The van der Waals surface area contributed by atoms with Gasteiger partial charge in [-0.15, -0.1) is 11.3 Å². The minimum absolute atomic E-state index is 0.132. The van der Waals surface area contributed by atoms with Crippen LogP contribution in [0, 0.1) is 0 Å². The number of aromatic nitrogens is 2. The molecule has 1 N–H and O–H groups in total. The number of halogens is 1. The maximum absolute atomic E-state index is 12.0. The van der Waals surface area contributed by atoms with Crippen LogP contribution in [0.5, 0.6) is 0 Å². The van der Waals surface area contributed by atoms with E-state index in [0.717, 1.165) is 11.1 Å². The molecule has 7 heteroatoms. The topological polar surface area (TPSA) is 64.1 Å². The van der Waals surface area contributed by atoms with Crippen LogP contribution < -0.4 is 5.32 Å². The third-order valence-electron chi connectivity index (χ3n) is 3.16. The number of nitrogens with zero attached hydrogens (tertiary/aromatic N) is 2. The highest BCUT2D eigenvalue weighted by Gasteiger charge is 2.12. The SMILES string of the molecule is O=C(OCc1ccc(Cl)nc1)c1csc(NCc2ccccc2)n1. The van der Waals surface area contributed by atoms with E-state index < -0.39 is 5.97 Å². The fourth-order valence-corrected chi connectivity index (χ4v) is 2.73. The van der Waals surface area contributed by atoms with Crippen LogP contribution in [0.4, 0.5) is 5.13 Å². The molecule has 122 valence electrons. The molecular weight excluding hydrogens is 346 g/mol. The molecule has 0 radical (unpaired) electrons. The summed E-state index contributed by atoms with van der Waals surface area (Å²) in [6.07, 6.45) is 1.57. The van der Waals surface area contributed by atoms with E-state index in [1.807, 2.05) is 30.3 Å². The molecule has 2 heterocycles. The van der Waals surface area contributed by atoms with Gasteiger partial charge in [0.25, 0.3) is 0 Å². The van der Waals surface area contributed by atoms with Gasteiger partial charge in [0.15, 0.2) is 10.8 Å². The lowest BCUT2D eigenvalue weighted by Gasteiger charge is -2.03. The Morgan fingerprint density at radius 1 is 1.17 bits per heavy atom. The molecule has 0 amide bonds. The minimum Gasteiger partial charge on any atom is -0.456 e. The lowest BCUT2D eigenvalue weighted by atomic mass is 10.2. The van der Waals surface area contributed by atoms with Crippen molar-refractivity contribution in [1.29, 1.82) is 0 Å². The van der Waals surface area contributed by atoms with Gasteiger partial charge in [0, 0.05) is 23.7 Å². The number of hydrogen-bond donors (Lipinski definition) is 1. The average molecular weight is 360 g/mol. The van der Waals surface area contributed by atoms with Gasteiger partial charge in [-0.05, 0) is 11.6 Å². The second-order valence-corrected chi connectivity index (χ2v) is 6.19. The largest absolute Gasteiger partial charge is 0.456 e. The van der Waals surface area contributed by atoms with E-state index >= 15 is 0 Å². The summed E-state index contributed by atoms with van der Waals surface area (Å²) in [5.41, 5.74) is 2.20. The summed E-state index contributed by atoms with van der Waals surface area (Å²) in [5, 5.41) is 5.95. The Labute approximate surface area is 148 Å². The van der Waals surface area contributed by atoms with Gasteiger partial charge in [-0.3, -0.25) is 0 Å². The van der Waals surface area contributed by atoms with E-state index in [4.69, 9.17) is 16.3 Å². The normalized spacial score (nSPS) is 10.4. The van der Waals surface area contributed by atoms with E-state index in [1.165, 1.54) is 11.3 Å². The van der Waals surface area contributed by atoms with Gasteiger partial charge in [-0.25, -0.2) is 14.8 Å². The number of thiazole rings is 1. The number of pyridine rings is 1. The number of esters is 1. The predicted molar refractivity (Wildman–Crippen MR) is 94.2 cm³/mol. The highest BCUT2D eigenvalue weighted by molar-refractivity contribution is 7.13. The van der Waals surface area contributed by atoms with Crippen LogP contribution in [0.1, 0.15) is 21.6 Å². The molecule has 0 aliphatic heterocycles. The van der Waals surface area contributed by atoms with Crippen LogP contribution in [0.15, 0.2) is 54.0 Å². The average Bonchev–Trinajstić information content (AvgIpc) is 3.09. The van der Waals surface area contributed by atoms with E-state index in [2.05, 4.69) is 15.3 Å². The molecule has 0 unspecified atom stereocenters. The number of carbonyl (C=O) groups is 1. The Balaban J connectivity index is 1.52. The molecule has 3 rings (SSSR count). The third kappa shape index (κ3) is 4.53. The summed E-state index contributed by atoms with van der Waals surface area (Å²) in [6.45, 7) is 0.784. The zero-order chi connectivity index (χ0) is 16.8. The molecule has 0 aliphatic rings. The molecule has 0 bridgehead atoms. The van der Waals surface area contributed by atoms with Gasteiger partial charge < -0.3 is 10.1 Å². The van der Waals surface area contributed by atoms with Gasteiger partial charge in [-0.1, -0.05) is 48.0 Å². The molecule has 0 fully saturated rings. The number of anilines is 1. The zero-order valence-corrected chi connectivity index (χ0v) is 14.2. The van der Waals surface area contributed by atoms with Gasteiger partial charge in [0.1, 0.15) is 11.8 Å². The quantitative estimate of drug-likeness (QED) is 0.529. The first-order valence-electron chi connectivity index (χ1n) is 7.21. The van der Waals surface area contributed by atoms with Crippen molar-refractivity contribution in [2.75, 3.05) is 5.32 Å². The summed E-state index contributed by atoms with van der Waals surface area (Å²) in [5.74, 6) is -0.464. The summed E-state index contributed by atoms with van der Waals surface area (Å²) < 4.78 is 5.22. The maximum Gasteiger partial charge on any atom is 0.358 e. The Bertz CT molecular complexity index is 806. The third-order valence-corrected chi connectivity index (χ3v) is 4.18. The smallest absolute Gasteiger partial charge is 0.358 e. The maximum atomic E-state index is 12.0. The van der Waals surface area contributed by atoms with Gasteiger partial charge >= 0.3 is 5.97 Å². The molecule has 5 nitrogen and oxygen atoms in total. The van der Waals surface area contributed by atoms with Crippen molar-refractivity contribution >= 4 is 34.0 Å². The first kappa shape index (κ1) is 16.4. The molecule has 0 spiro atoms. The monoisotopic (exact) mass is 359 g/mol. The molecule has 0 saturated carbocycles. The summed E-state index contributed by atoms with van der Waals surface area (Å²) in [7, 11) is 0. The number of benzene rings is 1. The number of rotatable bonds is 6. The van der Waals surface area contributed by atoms with Gasteiger partial charge in [0.2, 0.25) is 0 Å². The van der Waals surface area contributed by atoms with Crippen molar-refractivity contribution in [3.8, 4) is 0 Å². The first-order valence-corrected chi connectivity index (χ1v) is 8.47. The van der Waals surface area contributed by atoms with Crippen LogP contribution in [0.3, 0.4) is 0 Å².